The molecule has 0 spiro atoms. The van der Waals surface area contributed by atoms with Crippen molar-refractivity contribution in [2.24, 2.45) is 5.92 Å². The van der Waals surface area contributed by atoms with E-state index < -0.39 is 0 Å². The van der Waals surface area contributed by atoms with Crippen LogP contribution in [0, 0.1) is 5.92 Å². The van der Waals surface area contributed by atoms with Gasteiger partial charge < -0.3 is 10.6 Å². The second kappa shape index (κ2) is 6.78. The second-order valence-corrected chi connectivity index (χ2v) is 6.65. The summed E-state index contributed by atoms with van der Waals surface area (Å²) in [6.07, 6.45) is 1.91. The molecule has 0 bridgehead atoms. The summed E-state index contributed by atoms with van der Waals surface area (Å²) in [5.74, 6) is 0.928. The number of hydrogen-bond acceptors (Lipinski definition) is 4. The topological polar surface area (TPSA) is 71.3 Å². The quantitative estimate of drug-likeness (QED) is 0.756. The summed E-state index contributed by atoms with van der Waals surface area (Å²) >= 11 is 1.62. The molecule has 3 aromatic heterocycles. The zero-order valence-electron chi connectivity index (χ0n) is 13.1. The number of thiophene rings is 1. The first-order chi connectivity index (χ1) is 11.1. The smallest absolute Gasteiger partial charge is 0.315 e. The highest BCUT2D eigenvalue weighted by Gasteiger charge is 2.23. The lowest BCUT2D eigenvalue weighted by Crippen LogP contribution is -2.40. The van der Waals surface area contributed by atoms with Crippen molar-refractivity contribution in [1.29, 1.82) is 0 Å². The summed E-state index contributed by atoms with van der Waals surface area (Å²) < 4.78 is 1.91. The van der Waals surface area contributed by atoms with Gasteiger partial charge in [-0.1, -0.05) is 26.0 Å². The Bertz CT molecular complexity index is 781. The highest BCUT2D eigenvalue weighted by atomic mass is 32.1. The van der Waals surface area contributed by atoms with Gasteiger partial charge in [0.1, 0.15) is 0 Å². The molecule has 2 N–H and O–H groups in total. The molecular weight excluding hydrogens is 310 g/mol. The molecule has 120 valence electrons. The number of fused-ring (bicyclic) bond motifs is 1. The van der Waals surface area contributed by atoms with Crippen LogP contribution in [0.5, 0.6) is 0 Å². The fourth-order valence-corrected chi connectivity index (χ4v) is 3.02. The number of hydrogen-bond donors (Lipinski definition) is 2. The minimum Gasteiger partial charge on any atom is -0.333 e. The first-order valence-electron chi connectivity index (χ1n) is 7.51. The van der Waals surface area contributed by atoms with Crippen molar-refractivity contribution >= 4 is 23.0 Å². The van der Waals surface area contributed by atoms with Gasteiger partial charge in [-0.25, -0.2) is 4.79 Å². The molecule has 0 aliphatic heterocycles. The first kappa shape index (κ1) is 15.5. The van der Waals surface area contributed by atoms with Crippen molar-refractivity contribution in [3.63, 3.8) is 0 Å². The number of nitrogens with one attached hydrogen (secondary N) is 2. The number of amides is 2. The number of nitrogens with zero attached hydrogens (tertiary/aromatic N) is 3. The van der Waals surface area contributed by atoms with E-state index in [-0.39, 0.29) is 18.0 Å². The summed E-state index contributed by atoms with van der Waals surface area (Å²) in [6, 6.07) is 9.29. The van der Waals surface area contributed by atoms with Crippen LogP contribution in [0.25, 0.3) is 5.65 Å². The average molecular weight is 329 g/mol. The number of carbonyl (C=O) groups excluding carboxylic acids is 1. The van der Waals surface area contributed by atoms with E-state index in [1.165, 1.54) is 0 Å². The molecule has 3 heterocycles. The monoisotopic (exact) mass is 329 g/mol. The molecule has 6 nitrogen and oxygen atoms in total. The highest BCUT2D eigenvalue weighted by Crippen LogP contribution is 2.20. The lowest BCUT2D eigenvalue weighted by molar-refractivity contribution is 0.231. The maximum Gasteiger partial charge on any atom is 0.315 e. The van der Waals surface area contributed by atoms with Crippen LogP contribution in [0.2, 0.25) is 0 Å². The minimum absolute atomic E-state index is 0.190. The Kier molecular flexibility index (Phi) is 4.57. The molecule has 7 heteroatoms. The van der Waals surface area contributed by atoms with Gasteiger partial charge in [0.05, 0.1) is 12.6 Å². The van der Waals surface area contributed by atoms with E-state index in [1.807, 2.05) is 60.2 Å². The lowest BCUT2D eigenvalue weighted by atomic mass is 10.0. The molecule has 0 aromatic carbocycles. The molecule has 0 aliphatic carbocycles. The van der Waals surface area contributed by atoms with Crippen LogP contribution in [-0.4, -0.2) is 20.6 Å². The van der Waals surface area contributed by atoms with Gasteiger partial charge >= 0.3 is 6.03 Å². The van der Waals surface area contributed by atoms with Gasteiger partial charge in [-0.05, 0) is 29.5 Å². The van der Waals surface area contributed by atoms with Gasteiger partial charge in [-0.15, -0.1) is 21.5 Å². The van der Waals surface area contributed by atoms with Gasteiger partial charge in [0.15, 0.2) is 11.5 Å². The van der Waals surface area contributed by atoms with E-state index in [1.54, 1.807) is 11.3 Å². The van der Waals surface area contributed by atoms with Gasteiger partial charge in [0.2, 0.25) is 0 Å². The number of urea groups is 1. The standard InChI is InChI=1S/C16H19N5OS/c1-11(2)14(15-20-19-13-7-3-4-8-21(13)15)18-16(22)17-10-12-6-5-9-23-12/h3-9,11,14H,10H2,1-2H3,(H2,17,18,22). The molecule has 23 heavy (non-hydrogen) atoms. The van der Waals surface area contributed by atoms with E-state index in [2.05, 4.69) is 20.8 Å². The number of pyridine rings is 1. The van der Waals surface area contributed by atoms with E-state index in [9.17, 15) is 4.79 Å². The molecule has 3 aromatic rings. The van der Waals surface area contributed by atoms with Crippen molar-refractivity contribution in [3.8, 4) is 0 Å². The fraction of sp³-hybridized carbons (Fsp3) is 0.312. The Morgan fingerprint density at radius 3 is 2.87 bits per heavy atom. The van der Waals surface area contributed by atoms with Crippen LogP contribution in [0.4, 0.5) is 4.79 Å². The number of rotatable bonds is 5. The molecule has 0 radical (unpaired) electrons. The Hall–Kier alpha value is -2.41. The summed E-state index contributed by atoms with van der Waals surface area (Å²) in [6.45, 7) is 4.62. The van der Waals surface area contributed by atoms with Crippen LogP contribution in [-0.2, 0) is 6.54 Å². The van der Waals surface area contributed by atoms with Crippen LogP contribution in [0.3, 0.4) is 0 Å². The maximum atomic E-state index is 12.2. The zero-order chi connectivity index (χ0) is 16.2. The average Bonchev–Trinajstić information content (AvgIpc) is 3.20. The minimum atomic E-state index is -0.212. The molecule has 0 fully saturated rings. The summed E-state index contributed by atoms with van der Waals surface area (Å²) in [5, 5.41) is 16.3. The Labute approximate surface area is 138 Å². The largest absolute Gasteiger partial charge is 0.333 e. The Morgan fingerprint density at radius 2 is 2.13 bits per heavy atom. The third-order valence-corrected chi connectivity index (χ3v) is 4.45. The second-order valence-electron chi connectivity index (χ2n) is 5.62. The van der Waals surface area contributed by atoms with Crippen molar-refractivity contribution in [2.45, 2.75) is 26.4 Å². The molecule has 0 saturated carbocycles. The molecule has 1 unspecified atom stereocenters. The molecule has 2 amide bonds. The van der Waals surface area contributed by atoms with Gasteiger partial charge in [0.25, 0.3) is 0 Å². The van der Waals surface area contributed by atoms with Crippen LogP contribution >= 0.6 is 11.3 Å². The van der Waals surface area contributed by atoms with Gasteiger partial charge in [-0.3, -0.25) is 4.40 Å². The summed E-state index contributed by atoms with van der Waals surface area (Å²) in [7, 11) is 0. The molecule has 0 aliphatic rings. The molecule has 3 rings (SSSR count). The fourth-order valence-electron chi connectivity index (χ4n) is 2.37. The number of aromatic nitrogens is 3. The van der Waals surface area contributed by atoms with Crippen LogP contribution in [0.15, 0.2) is 41.9 Å². The highest BCUT2D eigenvalue weighted by molar-refractivity contribution is 7.09. The lowest BCUT2D eigenvalue weighted by Gasteiger charge is -2.21. The van der Waals surface area contributed by atoms with Crippen molar-refractivity contribution < 1.29 is 4.79 Å². The van der Waals surface area contributed by atoms with E-state index in [0.717, 1.165) is 16.3 Å². The predicted octanol–water partition coefficient (Wildman–Crippen LogP) is 2.99. The Morgan fingerprint density at radius 1 is 1.26 bits per heavy atom. The maximum absolute atomic E-state index is 12.2. The predicted molar refractivity (Wildman–Crippen MR) is 90.3 cm³/mol. The summed E-state index contributed by atoms with van der Waals surface area (Å²) in [4.78, 5) is 13.3. The van der Waals surface area contributed by atoms with E-state index >= 15 is 0 Å². The molecule has 1 atom stereocenters. The Balaban J connectivity index is 1.73. The zero-order valence-corrected chi connectivity index (χ0v) is 13.9. The van der Waals surface area contributed by atoms with Crippen LogP contribution in [0.1, 0.15) is 30.6 Å². The van der Waals surface area contributed by atoms with E-state index in [0.29, 0.717) is 6.54 Å². The molecular formula is C16H19N5OS. The van der Waals surface area contributed by atoms with Crippen molar-refractivity contribution in [1.82, 2.24) is 25.2 Å². The summed E-state index contributed by atoms with van der Waals surface area (Å²) in [5.41, 5.74) is 0.772. The van der Waals surface area contributed by atoms with Gasteiger partial charge in [-0.2, -0.15) is 0 Å². The normalized spacial score (nSPS) is 12.5. The third kappa shape index (κ3) is 3.50. The van der Waals surface area contributed by atoms with Crippen molar-refractivity contribution in [2.75, 3.05) is 0 Å². The van der Waals surface area contributed by atoms with Crippen LogP contribution < -0.4 is 10.6 Å². The molecule has 0 saturated heterocycles. The van der Waals surface area contributed by atoms with E-state index in [4.69, 9.17) is 0 Å². The SMILES string of the molecule is CC(C)C(NC(=O)NCc1cccs1)c1nnc2ccccn12. The van der Waals surface area contributed by atoms with Gasteiger partial charge in [0, 0.05) is 11.1 Å². The third-order valence-electron chi connectivity index (χ3n) is 3.57. The first-order valence-corrected chi connectivity index (χ1v) is 8.39. The number of carbonyl (C=O) groups is 1. The van der Waals surface area contributed by atoms with Crippen molar-refractivity contribution in [3.05, 3.63) is 52.6 Å².